The summed E-state index contributed by atoms with van der Waals surface area (Å²) in [6, 6.07) is 18.2. The number of nitro groups is 1. The highest BCUT2D eigenvalue weighted by atomic mass is 16.6. The standard InChI is InChI=1S/C17H14N4O2/c1-18-17-19-14(12-8-4-2-5-9-12)16(21(22)23)15(20-17)13-10-6-3-7-11-13/h2-11H,1H3,(H,18,19,20). The first-order chi connectivity index (χ1) is 11.2. The molecule has 2 aromatic carbocycles. The van der Waals surface area contributed by atoms with E-state index in [0.29, 0.717) is 28.5 Å². The monoisotopic (exact) mass is 306 g/mol. The van der Waals surface area contributed by atoms with E-state index in [0.717, 1.165) is 0 Å². The van der Waals surface area contributed by atoms with Crippen molar-refractivity contribution < 1.29 is 4.92 Å². The van der Waals surface area contributed by atoms with E-state index in [4.69, 9.17) is 0 Å². The Labute approximate surface area is 133 Å². The van der Waals surface area contributed by atoms with Gasteiger partial charge in [0.1, 0.15) is 0 Å². The summed E-state index contributed by atoms with van der Waals surface area (Å²) >= 11 is 0. The molecule has 0 spiro atoms. The maximum Gasteiger partial charge on any atom is 0.321 e. The van der Waals surface area contributed by atoms with E-state index in [2.05, 4.69) is 15.3 Å². The molecule has 6 heteroatoms. The first-order valence-corrected chi connectivity index (χ1v) is 7.05. The van der Waals surface area contributed by atoms with Crippen LogP contribution in [0, 0.1) is 10.1 Å². The van der Waals surface area contributed by atoms with Gasteiger partial charge in [0.2, 0.25) is 5.95 Å². The van der Waals surface area contributed by atoms with Gasteiger partial charge in [-0.2, -0.15) is 0 Å². The van der Waals surface area contributed by atoms with Crippen LogP contribution in [0.4, 0.5) is 11.6 Å². The van der Waals surface area contributed by atoms with Crippen LogP contribution < -0.4 is 5.32 Å². The van der Waals surface area contributed by atoms with Crippen molar-refractivity contribution in [2.24, 2.45) is 0 Å². The number of nitrogens with one attached hydrogen (secondary N) is 1. The molecule has 0 unspecified atom stereocenters. The van der Waals surface area contributed by atoms with E-state index in [9.17, 15) is 10.1 Å². The van der Waals surface area contributed by atoms with Gasteiger partial charge in [0.15, 0.2) is 11.4 Å². The molecule has 1 N–H and O–H groups in total. The third kappa shape index (κ3) is 2.87. The minimum atomic E-state index is -0.426. The highest BCUT2D eigenvalue weighted by molar-refractivity contribution is 5.82. The molecular formula is C17H14N4O2. The molecular weight excluding hydrogens is 292 g/mol. The zero-order valence-electron chi connectivity index (χ0n) is 12.4. The van der Waals surface area contributed by atoms with Crippen LogP contribution in [0.15, 0.2) is 60.7 Å². The number of anilines is 1. The Balaban J connectivity index is 2.33. The van der Waals surface area contributed by atoms with Crippen molar-refractivity contribution in [1.29, 1.82) is 0 Å². The lowest BCUT2D eigenvalue weighted by atomic mass is 10.1. The molecule has 0 aliphatic carbocycles. The second-order valence-corrected chi connectivity index (χ2v) is 4.83. The van der Waals surface area contributed by atoms with Gasteiger partial charge in [-0.15, -0.1) is 0 Å². The molecule has 0 bridgehead atoms. The molecule has 0 saturated carbocycles. The fourth-order valence-electron chi connectivity index (χ4n) is 2.33. The van der Waals surface area contributed by atoms with Gasteiger partial charge in [0, 0.05) is 18.2 Å². The summed E-state index contributed by atoms with van der Waals surface area (Å²) in [5, 5.41) is 14.6. The maximum absolute atomic E-state index is 11.7. The quantitative estimate of drug-likeness (QED) is 0.586. The lowest BCUT2D eigenvalue weighted by molar-refractivity contribution is -0.383. The lowest BCUT2D eigenvalue weighted by Gasteiger charge is -2.09. The fraction of sp³-hybridized carbons (Fsp3) is 0.0588. The average molecular weight is 306 g/mol. The second kappa shape index (κ2) is 6.23. The molecule has 0 fully saturated rings. The van der Waals surface area contributed by atoms with Gasteiger partial charge in [-0.25, -0.2) is 9.97 Å². The van der Waals surface area contributed by atoms with E-state index in [1.54, 1.807) is 31.3 Å². The van der Waals surface area contributed by atoms with Crippen LogP contribution >= 0.6 is 0 Å². The molecule has 1 heterocycles. The number of benzene rings is 2. The van der Waals surface area contributed by atoms with Crippen LogP contribution in [0.3, 0.4) is 0 Å². The Morgan fingerprint density at radius 3 is 1.65 bits per heavy atom. The summed E-state index contributed by atoms with van der Waals surface area (Å²) in [5.74, 6) is 0.341. The Hall–Kier alpha value is -3.28. The van der Waals surface area contributed by atoms with Crippen molar-refractivity contribution in [1.82, 2.24) is 9.97 Å². The molecule has 1 aromatic heterocycles. The zero-order chi connectivity index (χ0) is 16.2. The van der Waals surface area contributed by atoms with Crippen LogP contribution in [0.25, 0.3) is 22.5 Å². The number of hydrogen-bond donors (Lipinski definition) is 1. The first-order valence-electron chi connectivity index (χ1n) is 7.05. The highest BCUT2D eigenvalue weighted by Gasteiger charge is 2.26. The Morgan fingerprint density at radius 1 is 0.870 bits per heavy atom. The van der Waals surface area contributed by atoms with Gasteiger partial charge in [0.25, 0.3) is 0 Å². The fourth-order valence-corrected chi connectivity index (χ4v) is 2.33. The number of aromatic nitrogens is 2. The second-order valence-electron chi connectivity index (χ2n) is 4.83. The SMILES string of the molecule is CNc1nc(-c2ccccc2)c([N+](=O)[O-])c(-c2ccccc2)n1. The molecule has 0 atom stereocenters. The normalized spacial score (nSPS) is 10.3. The third-order valence-corrected chi connectivity index (χ3v) is 3.38. The first kappa shape index (κ1) is 14.6. The maximum atomic E-state index is 11.7. The highest BCUT2D eigenvalue weighted by Crippen LogP contribution is 2.36. The van der Waals surface area contributed by atoms with Gasteiger partial charge in [-0.3, -0.25) is 10.1 Å². The minimum absolute atomic E-state index is 0.0959. The summed E-state index contributed by atoms with van der Waals surface area (Å²) in [6.07, 6.45) is 0. The summed E-state index contributed by atoms with van der Waals surface area (Å²) in [4.78, 5) is 19.9. The molecule has 0 aliphatic heterocycles. The Bertz CT molecular complexity index is 775. The van der Waals surface area contributed by atoms with Crippen molar-refractivity contribution in [3.8, 4) is 22.5 Å². The van der Waals surface area contributed by atoms with Crippen molar-refractivity contribution in [3.05, 3.63) is 70.8 Å². The third-order valence-electron chi connectivity index (χ3n) is 3.38. The van der Waals surface area contributed by atoms with E-state index < -0.39 is 4.92 Å². The minimum Gasteiger partial charge on any atom is -0.357 e. The summed E-state index contributed by atoms with van der Waals surface area (Å²) in [6.45, 7) is 0. The molecule has 0 amide bonds. The Morgan fingerprint density at radius 2 is 1.30 bits per heavy atom. The van der Waals surface area contributed by atoms with E-state index in [-0.39, 0.29) is 5.69 Å². The van der Waals surface area contributed by atoms with Gasteiger partial charge < -0.3 is 5.32 Å². The van der Waals surface area contributed by atoms with Crippen molar-refractivity contribution in [2.75, 3.05) is 12.4 Å². The van der Waals surface area contributed by atoms with Crippen LogP contribution in [0.5, 0.6) is 0 Å². The van der Waals surface area contributed by atoms with Gasteiger partial charge in [0.05, 0.1) is 4.92 Å². The summed E-state index contributed by atoms with van der Waals surface area (Å²) in [5.41, 5.74) is 1.86. The predicted molar refractivity (Wildman–Crippen MR) is 89.1 cm³/mol. The van der Waals surface area contributed by atoms with Gasteiger partial charge in [-0.05, 0) is 0 Å². The Kier molecular flexibility index (Phi) is 3.97. The molecule has 0 saturated heterocycles. The van der Waals surface area contributed by atoms with Crippen molar-refractivity contribution >= 4 is 11.6 Å². The number of hydrogen-bond acceptors (Lipinski definition) is 5. The molecule has 3 rings (SSSR count). The van der Waals surface area contributed by atoms with Gasteiger partial charge >= 0.3 is 5.69 Å². The smallest absolute Gasteiger partial charge is 0.321 e. The van der Waals surface area contributed by atoms with Crippen molar-refractivity contribution in [3.63, 3.8) is 0 Å². The largest absolute Gasteiger partial charge is 0.357 e. The molecule has 6 nitrogen and oxygen atoms in total. The topological polar surface area (TPSA) is 81.0 Å². The average Bonchev–Trinajstić information content (AvgIpc) is 2.62. The van der Waals surface area contributed by atoms with Crippen molar-refractivity contribution in [2.45, 2.75) is 0 Å². The molecule has 0 radical (unpaired) electrons. The van der Waals surface area contributed by atoms with Crippen LogP contribution in [-0.4, -0.2) is 21.9 Å². The predicted octanol–water partition coefficient (Wildman–Crippen LogP) is 3.76. The van der Waals surface area contributed by atoms with Crippen LogP contribution in [0.2, 0.25) is 0 Å². The zero-order valence-corrected chi connectivity index (χ0v) is 12.4. The van der Waals surface area contributed by atoms with E-state index in [1.165, 1.54) is 0 Å². The molecule has 0 aliphatic rings. The van der Waals surface area contributed by atoms with E-state index >= 15 is 0 Å². The van der Waals surface area contributed by atoms with Crippen LogP contribution in [-0.2, 0) is 0 Å². The van der Waals surface area contributed by atoms with E-state index in [1.807, 2.05) is 36.4 Å². The summed E-state index contributed by atoms with van der Waals surface area (Å²) < 4.78 is 0. The number of rotatable bonds is 4. The molecule has 3 aromatic rings. The lowest BCUT2D eigenvalue weighted by Crippen LogP contribution is -2.05. The van der Waals surface area contributed by atoms with Gasteiger partial charge in [-0.1, -0.05) is 60.7 Å². The van der Waals surface area contributed by atoms with Crippen LogP contribution in [0.1, 0.15) is 0 Å². The molecule has 23 heavy (non-hydrogen) atoms. The number of nitrogens with zero attached hydrogens (tertiary/aromatic N) is 3. The summed E-state index contributed by atoms with van der Waals surface area (Å²) in [7, 11) is 1.69. The molecule has 114 valence electrons.